The van der Waals surface area contributed by atoms with Crippen molar-refractivity contribution in [1.82, 2.24) is 4.90 Å². The molecule has 0 aromatic heterocycles. The van der Waals surface area contributed by atoms with Crippen LogP contribution in [-0.2, 0) is 16.0 Å². The van der Waals surface area contributed by atoms with Gasteiger partial charge in [-0.3, -0.25) is 9.59 Å². The van der Waals surface area contributed by atoms with Crippen LogP contribution in [-0.4, -0.2) is 48.2 Å². The summed E-state index contributed by atoms with van der Waals surface area (Å²) in [4.78, 5) is 23.9. The SMILES string of the molecule is COc1cc(OC2CCN(C(C)=O)CC2)ccc1CC(=O)O. The van der Waals surface area contributed by atoms with Gasteiger partial charge in [-0.2, -0.15) is 0 Å². The Morgan fingerprint density at radius 1 is 1.32 bits per heavy atom. The van der Waals surface area contributed by atoms with Crippen LogP contribution in [0.5, 0.6) is 11.5 Å². The second-order valence-corrected chi connectivity index (χ2v) is 5.37. The topological polar surface area (TPSA) is 76.1 Å². The molecule has 0 spiro atoms. The van der Waals surface area contributed by atoms with Crippen molar-refractivity contribution in [2.45, 2.75) is 32.3 Å². The van der Waals surface area contributed by atoms with E-state index in [1.165, 1.54) is 7.11 Å². The number of hydrogen-bond donors (Lipinski definition) is 1. The van der Waals surface area contributed by atoms with Gasteiger partial charge in [0.05, 0.1) is 13.5 Å². The van der Waals surface area contributed by atoms with E-state index in [-0.39, 0.29) is 18.4 Å². The molecule has 1 amide bonds. The fourth-order valence-corrected chi connectivity index (χ4v) is 2.59. The number of ether oxygens (including phenoxy) is 2. The van der Waals surface area contributed by atoms with Gasteiger partial charge in [0.25, 0.3) is 0 Å². The number of carbonyl (C=O) groups is 2. The molecule has 1 N–H and O–H groups in total. The Hall–Kier alpha value is -2.24. The molecule has 6 heteroatoms. The minimum Gasteiger partial charge on any atom is -0.496 e. The van der Waals surface area contributed by atoms with Gasteiger partial charge in [0.2, 0.25) is 5.91 Å². The van der Waals surface area contributed by atoms with E-state index in [2.05, 4.69) is 0 Å². The number of carbonyl (C=O) groups excluding carboxylic acids is 1. The highest BCUT2D eigenvalue weighted by atomic mass is 16.5. The number of piperidine rings is 1. The standard InChI is InChI=1S/C16H21NO5/c1-11(18)17-7-5-13(6-8-17)22-14-4-3-12(9-16(19)20)15(10-14)21-2/h3-4,10,13H,5-9H2,1-2H3,(H,19,20). The fraction of sp³-hybridized carbons (Fsp3) is 0.500. The molecule has 1 aromatic rings. The van der Waals surface area contributed by atoms with E-state index in [0.29, 0.717) is 30.2 Å². The van der Waals surface area contributed by atoms with Gasteiger partial charge >= 0.3 is 5.97 Å². The van der Waals surface area contributed by atoms with Crippen LogP contribution < -0.4 is 9.47 Å². The van der Waals surface area contributed by atoms with Crippen molar-refractivity contribution in [3.05, 3.63) is 23.8 Å². The molecular formula is C16H21NO5. The number of carboxylic acid groups (broad SMARTS) is 1. The second-order valence-electron chi connectivity index (χ2n) is 5.37. The highest BCUT2D eigenvalue weighted by Crippen LogP contribution is 2.27. The zero-order valence-corrected chi connectivity index (χ0v) is 12.9. The van der Waals surface area contributed by atoms with Crippen molar-refractivity contribution in [2.75, 3.05) is 20.2 Å². The molecule has 0 bridgehead atoms. The summed E-state index contributed by atoms with van der Waals surface area (Å²) >= 11 is 0. The van der Waals surface area contributed by atoms with E-state index in [9.17, 15) is 9.59 Å². The van der Waals surface area contributed by atoms with Gasteiger partial charge in [-0.05, 0) is 6.07 Å². The van der Waals surface area contributed by atoms with Gasteiger partial charge in [-0.15, -0.1) is 0 Å². The van der Waals surface area contributed by atoms with E-state index in [1.807, 2.05) is 4.90 Å². The first-order chi connectivity index (χ1) is 10.5. The second kappa shape index (κ2) is 7.15. The molecule has 1 saturated heterocycles. The first-order valence-corrected chi connectivity index (χ1v) is 7.30. The third-order valence-corrected chi connectivity index (χ3v) is 3.79. The average Bonchev–Trinajstić information content (AvgIpc) is 2.49. The van der Waals surface area contributed by atoms with Gasteiger partial charge in [0.15, 0.2) is 0 Å². The van der Waals surface area contributed by atoms with Crippen molar-refractivity contribution in [1.29, 1.82) is 0 Å². The number of rotatable bonds is 5. The minimum absolute atomic E-state index is 0.0608. The van der Waals surface area contributed by atoms with Crippen molar-refractivity contribution < 1.29 is 24.2 Å². The Morgan fingerprint density at radius 2 is 2.00 bits per heavy atom. The fourth-order valence-electron chi connectivity index (χ4n) is 2.59. The van der Waals surface area contributed by atoms with E-state index >= 15 is 0 Å². The number of amides is 1. The van der Waals surface area contributed by atoms with Crippen molar-refractivity contribution in [2.24, 2.45) is 0 Å². The average molecular weight is 307 g/mol. The lowest BCUT2D eigenvalue weighted by Crippen LogP contribution is -2.40. The van der Waals surface area contributed by atoms with Crippen LogP contribution in [0, 0.1) is 0 Å². The number of aliphatic carboxylic acids is 1. The first kappa shape index (κ1) is 16.1. The van der Waals surface area contributed by atoms with Crippen LogP contribution >= 0.6 is 0 Å². The van der Waals surface area contributed by atoms with Crippen molar-refractivity contribution in [3.63, 3.8) is 0 Å². The summed E-state index contributed by atoms with van der Waals surface area (Å²) in [6, 6.07) is 5.20. The van der Waals surface area contributed by atoms with Crippen molar-refractivity contribution in [3.8, 4) is 11.5 Å². The van der Waals surface area contributed by atoms with E-state index in [1.54, 1.807) is 25.1 Å². The van der Waals surface area contributed by atoms with Crippen LogP contribution in [0.1, 0.15) is 25.3 Å². The third-order valence-electron chi connectivity index (χ3n) is 3.79. The molecule has 120 valence electrons. The van der Waals surface area contributed by atoms with Gasteiger partial charge in [0.1, 0.15) is 17.6 Å². The molecule has 0 saturated carbocycles. The molecule has 1 heterocycles. The number of benzene rings is 1. The van der Waals surface area contributed by atoms with Gasteiger partial charge in [0, 0.05) is 44.5 Å². The highest BCUT2D eigenvalue weighted by Gasteiger charge is 2.22. The maximum absolute atomic E-state index is 11.3. The Bertz CT molecular complexity index is 549. The smallest absolute Gasteiger partial charge is 0.307 e. The number of nitrogens with zero attached hydrogens (tertiary/aromatic N) is 1. The molecule has 1 fully saturated rings. The molecule has 0 atom stereocenters. The highest BCUT2D eigenvalue weighted by molar-refractivity contribution is 5.73. The number of methoxy groups -OCH3 is 1. The lowest BCUT2D eigenvalue weighted by molar-refractivity contribution is -0.136. The molecule has 1 aromatic carbocycles. The summed E-state index contributed by atoms with van der Waals surface area (Å²) < 4.78 is 11.1. The summed E-state index contributed by atoms with van der Waals surface area (Å²) in [6.07, 6.45) is 1.56. The quantitative estimate of drug-likeness (QED) is 0.896. The van der Waals surface area contributed by atoms with Crippen LogP contribution in [0.4, 0.5) is 0 Å². The number of likely N-dealkylation sites (tertiary alicyclic amines) is 1. The molecule has 1 aliphatic rings. The van der Waals surface area contributed by atoms with E-state index in [4.69, 9.17) is 14.6 Å². The predicted octanol–water partition coefficient (Wildman–Crippen LogP) is 1.71. The van der Waals surface area contributed by atoms with Crippen LogP contribution in [0.2, 0.25) is 0 Å². The Balaban J connectivity index is 1.99. The summed E-state index contributed by atoms with van der Waals surface area (Å²) in [5.74, 6) is 0.370. The van der Waals surface area contributed by atoms with Crippen molar-refractivity contribution >= 4 is 11.9 Å². The zero-order chi connectivity index (χ0) is 16.1. The largest absolute Gasteiger partial charge is 0.496 e. The summed E-state index contributed by atoms with van der Waals surface area (Å²) in [5, 5.41) is 8.87. The van der Waals surface area contributed by atoms with Gasteiger partial charge < -0.3 is 19.5 Å². The van der Waals surface area contributed by atoms with Crippen LogP contribution in [0.15, 0.2) is 18.2 Å². The lowest BCUT2D eigenvalue weighted by atomic mass is 10.1. The predicted molar refractivity (Wildman–Crippen MR) is 80.2 cm³/mol. The van der Waals surface area contributed by atoms with Crippen LogP contribution in [0.25, 0.3) is 0 Å². The van der Waals surface area contributed by atoms with E-state index in [0.717, 1.165) is 12.8 Å². The summed E-state index contributed by atoms with van der Waals surface area (Å²) in [6.45, 7) is 2.98. The first-order valence-electron chi connectivity index (χ1n) is 7.30. The molecule has 0 aliphatic carbocycles. The maximum atomic E-state index is 11.3. The molecule has 1 aliphatic heterocycles. The van der Waals surface area contributed by atoms with Gasteiger partial charge in [-0.1, -0.05) is 6.07 Å². The monoisotopic (exact) mass is 307 g/mol. The van der Waals surface area contributed by atoms with Crippen LogP contribution in [0.3, 0.4) is 0 Å². The third kappa shape index (κ3) is 4.13. The normalized spacial score (nSPS) is 15.5. The Labute approximate surface area is 129 Å². The maximum Gasteiger partial charge on any atom is 0.307 e. The number of hydrogen-bond acceptors (Lipinski definition) is 4. The minimum atomic E-state index is -0.899. The number of carboxylic acids is 1. The Morgan fingerprint density at radius 3 is 2.55 bits per heavy atom. The summed E-state index contributed by atoms with van der Waals surface area (Å²) in [5.41, 5.74) is 0.619. The summed E-state index contributed by atoms with van der Waals surface area (Å²) in [7, 11) is 1.51. The molecule has 6 nitrogen and oxygen atoms in total. The molecular weight excluding hydrogens is 286 g/mol. The van der Waals surface area contributed by atoms with E-state index < -0.39 is 5.97 Å². The lowest BCUT2D eigenvalue weighted by Gasteiger charge is -2.31. The zero-order valence-electron chi connectivity index (χ0n) is 12.9. The molecule has 0 unspecified atom stereocenters. The molecule has 22 heavy (non-hydrogen) atoms. The van der Waals surface area contributed by atoms with Gasteiger partial charge in [-0.25, -0.2) is 0 Å². The molecule has 2 rings (SSSR count). The molecule has 0 radical (unpaired) electrons. The Kier molecular flexibility index (Phi) is 5.25.